The molecule has 4 heteroatoms. The summed E-state index contributed by atoms with van der Waals surface area (Å²) in [6.07, 6.45) is 3.73. The number of benzene rings is 1. The normalized spacial score (nSPS) is 17.6. The van der Waals surface area contributed by atoms with Crippen LogP contribution >= 0.6 is 0 Å². The Morgan fingerprint density at radius 2 is 2.00 bits per heavy atom. The molecule has 0 saturated carbocycles. The molecule has 110 valence electrons. The van der Waals surface area contributed by atoms with Crippen LogP contribution in [0.4, 0.5) is 4.39 Å². The van der Waals surface area contributed by atoms with Crippen molar-refractivity contribution in [2.75, 3.05) is 6.54 Å². The van der Waals surface area contributed by atoms with Crippen LogP contribution in [0.1, 0.15) is 34.8 Å². The van der Waals surface area contributed by atoms with E-state index in [0.717, 1.165) is 42.9 Å². The van der Waals surface area contributed by atoms with E-state index in [4.69, 9.17) is 10.7 Å². The Bertz CT molecular complexity index is 637. The van der Waals surface area contributed by atoms with Gasteiger partial charge in [-0.05, 0) is 61.9 Å². The molecule has 1 aromatic heterocycles. The van der Waals surface area contributed by atoms with Gasteiger partial charge in [-0.3, -0.25) is 0 Å². The maximum atomic E-state index is 12.9. The summed E-state index contributed by atoms with van der Waals surface area (Å²) in [7, 11) is 0. The van der Waals surface area contributed by atoms with Gasteiger partial charge in [0.25, 0.3) is 0 Å². The summed E-state index contributed by atoms with van der Waals surface area (Å²) >= 11 is 0. The van der Waals surface area contributed by atoms with Gasteiger partial charge in [0.05, 0.1) is 0 Å². The molecule has 3 nitrogen and oxygen atoms in total. The van der Waals surface area contributed by atoms with Gasteiger partial charge in [0.1, 0.15) is 11.6 Å². The molecule has 1 aliphatic carbocycles. The highest BCUT2D eigenvalue weighted by Crippen LogP contribution is 2.26. The summed E-state index contributed by atoms with van der Waals surface area (Å²) in [5, 5.41) is 0. The smallest absolute Gasteiger partial charge is 0.133 e. The van der Waals surface area contributed by atoms with Gasteiger partial charge in [-0.25, -0.2) is 14.4 Å². The zero-order valence-electron chi connectivity index (χ0n) is 12.3. The number of nitrogens with zero attached hydrogens (tertiary/aromatic N) is 2. The highest BCUT2D eigenvalue weighted by atomic mass is 19.1. The van der Waals surface area contributed by atoms with Crippen LogP contribution in [0.5, 0.6) is 0 Å². The number of hydrogen-bond donors (Lipinski definition) is 1. The molecule has 0 aliphatic heterocycles. The molecule has 0 radical (unpaired) electrons. The fourth-order valence-electron chi connectivity index (χ4n) is 2.99. The number of hydrogen-bond acceptors (Lipinski definition) is 3. The van der Waals surface area contributed by atoms with E-state index in [9.17, 15) is 4.39 Å². The molecule has 21 heavy (non-hydrogen) atoms. The number of nitrogens with two attached hydrogens (primary N) is 1. The SMILES string of the molecule is Cc1nc(Cc2ccc(F)cc2)nc2c1CC(CN)CC2. The van der Waals surface area contributed by atoms with E-state index in [1.165, 1.54) is 23.4 Å². The number of aryl methyl sites for hydroxylation is 2. The van der Waals surface area contributed by atoms with Crippen molar-refractivity contribution >= 4 is 0 Å². The molecule has 1 unspecified atom stereocenters. The molecule has 2 N–H and O–H groups in total. The second-order valence-corrected chi connectivity index (χ2v) is 5.80. The standard InChI is InChI=1S/C17H20FN3/c1-11-15-8-13(10-19)4-7-16(15)21-17(20-11)9-12-2-5-14(18)6-3-12/h2-3,5-6,13H,4,7-10,19H2,1H3. The van der Waals surface area contributed by atoms with E-state index in [-0.39, 0.29) is 5.82 Å². The first-order chi connectivity index (χ1) is 10.2. The molecule has 1 atom stereocenters. The quantitative estimate of drug-likeness (QED) is 0.943. The summed E-state index contributed by atoms with van der Waals surface area (Å²) in [5.74, 6) is 1.17. The van der Waals surface area contributed by atoms with Gasteiger partial charge in [-0.2, -0.15) is 0 Å². The van der Waals surface area contributed by atoms with Gasteiger partial charge >= 0.3 is 0 Å². The van der Waals surface area contributed by atoms with Crippen LogP contribution in [0.3, 0.4) is 0 Å². The summed E-state index contributed by atoms with van der Waals surface area (Å²) in [6, 6.07) is 6.54. The van der Waals surface area contributed by atoms with Crippen LogP contribution in [0.25, 0.3) is 0 Å². The molecule has 1 heterocycles. The predicted molar refractivity (Wildman–Crippen MR) is 80.5 cm³/mol. The predicted octanol–water partition coefficient (Wildman–Crippen LogP) is 2.58. The molecule has 0 spiro atoms. The van der Waals surface area contributed by atoms with Crippen molar-refractivity contribution in [2.24, 2.45) is 11.7 Å². The second kappa shape index (κ2) is 5.90. The fourth-order valence-corrected chi connectivity index (χ4v) is 2.99. The van der Waals surface area contributed by atoms with Crippen LogP contribution in [0.15, 0.2) is 24.3 Å². The van der Waals surface area contributed by atoms with Crippen molar-refractivity contribution in [3.8, 4) is 0 Å². The van der Waals surface area contributed by atoms with Gasteiger partial charge in [0.2, 0.25) is 0 Å². The topological polar surface area (TPSA) is 51.8 Å². The summed E-state index contributed by atoms with van der Waals surface area (Å²) in [4.78, 5) is 9.34. The molecule has 1 aromatic carbocycles. The first-order valence-corrected chi connectivity index (χ1v) is 7.45. The van der Waals surface area contributed by atoms with E-state index < -0.39 is 0 Å². The largest absolute Gasteiger partial charge is 0.330 e. The van der Waals surface area contributed by atoms with Crippen molar-refractivity contribution < 1.29 is 4.39 Å². The highest BCUT2D eigenvalue weighted by molar-refractivity contribution is 5.30. The Labute approximate surface area is 124 Å². The van der Waals surface area contributed by atoms with Crippen LogP contribution in [0, 0.1) is 18.7 Å². The molecule has 3 rings (SSSR count). The fraction of sp³-hybridized carbons (Fsp3) is 0.412. The third kappa shape index (κ3) is 3.10. The summed E-state index contributed by atoms with van der Waals surface area (Å²) < 4.78 is 12.9. The molecule has 1 aliphatic rings. The number of fused-ring (bicyclic) bond motifs is 1. The Kier molecular flexibility index (Phi) is 3.97. The number of halogens is 1. The van der Waals surface area contributed by atoms with Gasteiger partial charge in [0.15, 0.2) is 0 Å². The van der Waals surface area contributed by atoms with Crippen LogP contribution < -0.4 is 5.73 Å². The van der Waals surface area contributed by atoms with E-state index in [2.05, 4.69) is 4.98 Å². The third-order valence-corrected chi connectivity index (χ3v) is 4.24. The van der Waals surface area contributed by atoms with Crippen LogP contribution in [-0.2, 0) is 19.3 Å². The molecule has 0 amide bonds. The summed E-state index contributed by atoms with van der Waals surface area (Å²) in [5.41, 5.74) is 10.3. The lowest BCUT2D eigenvalue weighted by Crippen LogP contribution is -2.24. The van der Waals surface area contributed by atoms with E-state index >= 15 is 0 Å². The summed E-state index contributed by atoms with van der Waals surface area (Å²) in [6.45, 7) is 2.78. The average molecular weight is 285 g/mol. The number of aromatic nitrogens is 2. The minimum atomic E-state index is -0.214. The minimum Gasteiger partial charge on any atom is -0.330 e. The molecular weight excluding hydrogens is 265 g/mol. The third-order valence-electron chi connectivity index (χ3n) is 4.24. The first-order valence-electron chi connectivity index (χ1n) is 7.45. The average Bonchev–Trinajstić information content (AvgIpc) is 2.49. The van der Waals surface area contributed by atoms with Crippen LogP contribution in [0.2, 0.25) is 0 Å². The molecule has 0 bridgehead atoms. The maximum Gasteiger partial charge on any atom is 0.133 e. The van der Waals surface area contributed by atoms with Crippen molar-refractivity contribution in [2.45, 2.75) is 32.6 Å². The second-order valence-electron chi connectivity index (χ2n) is 5.80. The lowest BCUT2D eigenvalue weighted by Gasteiger charge is -2.24. The van der Waals surface area contributed by atoms with Gasteiger partial charge in [0, 0.05) is 17.8 Å². The van der Waals surface area contributed by atoms with Gasteiger partial charge in [-0.1, -0.05) is 12.1 Å². The van der Waals surface area contributed by atoms with E-state index in [0.29, 0.717) is 12.3 Å². The first kappa shape index (κ1) is 14.1. The molecule has 0 saturated heterocycles. The maximum absolute atomic E-state index is 12.9. The molecule has 2 aromatic rings. The number of rotatable bonds is 3. The zero-order chi connectivity index (χ0) is 14.8. The van der Waals surface area contributed by atoms with E-state index in [1.807, 2.05) is 6.92 Å². The Morgan fingerprint density at radius 3 is 2.71 bits per heavy atom. The van der Waals surface area contributed by atoms with Crippen molar-refractivity contribution in [1.82, 2.24) is 9.97 Å². The lowest BCUT2D eigenvalue weighted by molar-refractivity contribution is 0.458. The Hall–Kier alpha value is -1.81. The lowest BCUT2D eigenvalue weighted by atomic mass is 9.86. The minimum absolute atomic E-state index is 0.214. The van der Waals surface area contributed by atoms with Crippen molar-refractivity contribution in [1.29, 1.82) is 0 Å². The van der Waals surface area contributed by atoms with Crippen molar-refractivity contribution in [3.63, 3.8) is 0 Å². The van der Waals surface area contributed by atoms with E-state index in [1.54, 1.807) is 12.1 Å². The van der Waals surface area contributed by atoms with Crippen molar-refractivity contribution in [3.05, 3.63) is 58.4 Å². The monoisotopic (exact) mass is 285 g/mol. The molecular formula is C17H20FN3. The van der Waals surface area contributed by atoms with Gasteiger partial charge in [-0.15, -0.1) is 0 Å². The Balaban J connectivity index is 1.85. The highest BCUT2D eigenvalue weighted by Gasteiger charge is 2.21. The Morgan fingerprint density at radius 1 is 1.24 bits per heavy atom. The van der Waals surface area contributed by atoms with Crippen LogP contribution in [-0.4, -0.2) is 16.5 Å². The zero-order valence-corrected chi connectivity index (χ0v) is 12.3. The van der Waals surface area contributed by atoms with Gasteiger partial charge < -0.3 is 5.73 Å². The molecule has 0 fully saturated rings.